The van der Waals surface area contributed by atoms with Gasteiger partial charge in [0.25, 0.3) is 0 Å². The number of carbonyl (C=O) groups excluding carboxylic acids is 1. The SMILES string of the molecule is O=C1C=C(F)C=C2SCCC12. The van der Waals surface area contributed by atoms with Gasteiger partial charge in [-0.3, -0.25) is 4.79 Å². The van der Waals surface area contributed by atoms with Gasteiger partial charge < -0.3 is 0 Å². The van der Waals surface area contributed by atoms with Crippen LogP contribution in [0.4, 0.5) is 4.39 Å². The summed E-state index contributed by atoms with van der Waals surface area (Å²) in [6.07, 6.45) is 3.45. The van der Waals surface area contributed by atoms with Crippen molar-refractivity contribution in [2.24, 2.45) is 5.92 Å². The van der Waals surface area contributed by atoms with Crippen molar-refractivity contribution in [3.8, 4) is 0 Å². The second kappa shape index (κ2) is 2.48. The average Bonchev–Trinajstić information content (AvgIpc) is 2.34. The first-order chi connectivity index (χ1) is 5.27. The minimum absolute atomic E-state index is 0.0144. The summed E-state index contributed by atoms with van der Waals surface area (Å²) in [4.78, 5) is 12.0. The molecule has 1 unspecified atom stereocenters. The Morgan fingerprint density at radius 3 is 3.18 bits per heavy atom. The van der Waals surface area contributed by atoms with Crippen LogP contribution in [0.5, 0.6) is 0 Å². The Hall–Kier alpha value is -0.570. The highest BCUT2D eigenvalue weighted by Crippen LogP contribution is 2.40. The van der Waals surface area contributed by atoms with Gasteiger partial charge in [-0.1, -0.05) is 0 Å². The third-order valence-electron chi connectivity index (χ3n) is 1.92. The Morgan fingerprint density at radius 2 is 2.36 bits per heavy atom. The number of hydrogen-bond acceptors (Lipinski definition) is 2. The molecule has 0 N–H and O–H groups in total. The van der Waals surface area contributed by atoms with E-state index in [2.05, 4.69) is 0 Å². The van der Waals surface area contributed by atoms with Crippen molar-refractivity contribution in [3.05, 3.63) is 22.9 Å². The normalized spacial score (nSPS) is 29.5. The molecule has 0 saturated carbocycles. The van der Waals surface area contributed by atoms with Crippen LogP contribution in [0.25, 0.3) is 0 Å². The van der Waals surface area contributed by atoms with Crippen molar-refractivity contribution in [1.82, 2.24) is 0 Å². The van der Waals surface area contributed by atoms with E-state index in [1.54, 1.807) is 11.8 Å². The zero-order chi connectivity index (χ0) is 7.84. The van der Waals surface area contributed by atoms with E-state index in [0.29, 0.717) is 0 Å². The Bertz CT molecular complexity index is 267. The largest absolute Gasteiger partial charge is 0.294 e. The quantitative estimate of drug-likeness (QED) is 0.553. The number of fused-ring (bicyclic) bond motifs is 1. The Balaban J connectivity index is 2.36. The zero-order valence-corrected chi connectivity index (χ0v) is 6.66. The lowest BCUT2D eigenvalue weighted by molar-refractivity contribution is -0.117. The number of hydrogen-bond donors (Lipinski definition) is 0. The van der Waals surface area contributed by atoms with Gasteiger partial charge in [-0.25, -0.2) is 4.39 Å². The summed E-state index contributed by atoms with van der Waals surface area (Å²) >= 11 is 1.59. The standard InChI is InChI=1S/C8H7FOS/c9-5-3-7(10)6-1-2-11-8(6)4-5/h3-4,6H,1-2H2. The molecular formula is C8H7FOS. The molecule has 0 aromatic rings. The number of carbonyl (C=O) groups is 1. The summed E-state index contributed by atoms with van der Waals surface area (Å²) in [6, 6.07) is 0. The van der Waals surface area contributed by atoms with Crippen molar-refractivity contribution in [3.63, 3.8) is 0 Å². The minimum atomic E-state index is -0.393. The molecule has 0 radical (unpaired) electrons. The molecule has 1 nitrogen and oxygen atoms in total. The number of halogens is 1. The van der Waals surface area contributed by atoms with Gasteiger partial charge in [0.2, 0.25) is 0 Å². The van der Waals surface area contributed by atoms with Gasteiger partial charge >= 0.3 is 0 Å². The maximum atomic E-state index is 12.6. The van der Waals surface area contributed by atoms with Crippen LogP contribution in [-0.4, -0.2) is 11.5 Å². The molecule has 0 bridgehead atoms. The van der Waals surface area contributed by atoms with Crippen LogP contribution in [0.2, 0.25) is 0 Å². The van der Waals surface area contributed by atoms with Crippen LogP contribution >= 0.6 is 11.8 Å². The van der Waals surface area contributed by atoms with Crippen molar-refractivity contribution in [2.75, 3.05) is 5.75 Å². The van der Waals surface area contributed by atoms with E-state index in [-0.39, 0.29) is 11.7 Å². The first-order valence-corrected chi connectivity index (χ1v) is 4.51. The third-order valence-corrected chi connectivity index (χ3v) is 3.10. The van der Waals surface area contributed by atoms with Crippen molar-refractivity contribution >= 4 is 17.5 Å². The fourth-order valence-electron chi connectivity index (χ4n) is 1.38. The van der Waals surface area contributed by atoms with E-state index < -0.39 is 5.83 Å². The Morgan fingerprint density at radius 1 is 1.55 bits per heavy atom. The van der Waals surface area contributed by atoms with Gasteiger partial charge in [-0.15, -0.1) is 11.8 Å². The van der Waals surface area contributed by atoms with Crippen molar-refractivity contribution in [1.29, 1.82) is 0 Å². The molecule has 0 spiro atoms. The molecule has 2 aliphatic rings. The summed E-state index contributed by atoms with van der Waals surface area (Å²) in [5, 5.41) is 0. The highest BCUT2D eigenvalue weighted by molar-refractivity contribution is 8.03. The molecule has 11 heavy (non-hydrogen) atoms. The van der Waals surface area contributed by atoms with Crippen molar-refractivity contribution < 1.29 is 9.18 Å². The second-order valence-electron chi connectivity index (χ2n) is 2.67. The molecule has 58 valence electrons. The lowest BCUT2D eigenvalue weighted by atomic mass is 9.96. The van der Waals surface area contributed by atoms with Crippen LogP contribution in [-0.2, 0) is 4.79 Å². The predicted octanol–water partition coefficient (Wildman–Crippen LogP) is 2.06. The van der Waals surface area contributed by atoms with Crippen molar-refractivity contribution in [2.45, 2.75) is 6.42 Å². The molecule has 1 fully saturated rings. The maximum Gasteiger partial charge on any atom is 0.166 e. The highest BCUT2D eigenvalue weighted by atomic mass is 32.2. The fourth-order valence-corrected chi connectivity index (χ4v) is 2.60. The van der Waals surface area contributed by atoms with Crippen LogP contribution in [0, 0.1) is 5.92 Å². The van der Waals surface area contributed by atoms with E-state index in [4.69, 9.17) is 0 Å². The smallest absolute Gasteiger partial charge is 0.166 e. The van der Waals surface area contributed by atoms with Crippen LogP contribution in [0.3, 0.4) is 0 Å². The zero-order valence-electron chi connectivity index (χ0n) is 5.84. The first-order valence-electron chi connectivity index (χ1n) is 3.53. The first kappa shape index (κ1) is 7.10. The van der Waals surface area contributed by atoms with Gasteiger partial charge in [0.15, 0.2) is 5.78 Å². The van der Waals surface area contributed by atoms with Crippen LogP contribution < -0.4 is 0 Å². The molecule has 0 aromatic heterocycles. The summed E-state index contributed by atoms with van der Waals surface area (Å²) in [5.74, 6) is 0.476. The van der Waals surface area contributed by atoms with E-state index in [1.807, 2.05) is 0 Å². The molecule has 1 atom stereocenters. The van der Waals surface area contributed by atoms with E-state index in [1.165, 1.54) is 6.08 Å². The Kier molecular flexibility index (Phi) is 1.60. The monoisotopic (exact) mass is 170 g/mol. The number of thioether (sulfide) groups is 1. The Labute approximate surface area is 68.4 Å². The number of ketones is 1. The van der Waals surface area contributed by atoms with Crippen LogP contribution in [0.15, 0.2) is 22.9 Å². The van der Waals surface area contributed by atoms with Gasteiger partial charge in [-0.2, -0.15) is 0 Å². The predicted molar refractivity (Wildman–Crippen MR) is 42.8 cm³/mol. The summed E-state index contributed by atoms with van der Waals surface area (Å²) in [5.41, 5.74) is 0. The molecule has 0 amide bonds. The lowest BCUT2D eigenvalue weighted by Gasteiger charge is -2.10. The average molecular weight is 170 g/mol. The van der Waals surface area contributed by atoms with Gasteiger partial charge in [0, 0.05) is 6.08 Å². The number of rotatable bonds is 0. The highest BCUT2D eigenvalue weighted by Gasteiger charge is 2.30. The summed E-state index contributed by atoms with van der Waals surface area (Å²) in [7, 11) is 0. The molecule has 1 saturated heterocycles. The van der Waals surface area contributed by atoms with E-state index in [0.717, 1.165) is 23.2 Å². The fraction of sp³-hybridized carbons (Fsp3) is 0.375. The number of allylic oxidation sites excluding steroid dienone is 4. The second-order valence-corrected chi connectivity index (χ2v) is 3.84. The summed E-state index contributed by atoms with van der Waals surface area (Å²) < 4.78 is 12.6. The molecule has 2 rings (SSSR count). The van der Waals surface area contributed by atoms with Crippen LogP contribution in [0.1, 0.15) is 6.42 Å². The van der Waals surface area contributed by atoms with Gasteiger partial charge in [0.1, 0.15) is 5.83 Å². The molecule has 3 heteroatoms. The molecule has 1 aliphatic carbocycles. The molecule has 1 aliphatic heterocycles. The molecule has 1 heterocycles. The summed E-state index contributed by atoms with van der Waals surface area (Å²) in [6.45, 7) is 0. The van der Waals surface area contributed by atoms with E-state index >= 15 is 0 Å². The van der Waals surface area contributed by atoms with Gasteiger partial charge in [0.05, 0.1) is 5.92 Å². The minimum Gasteiger partial charge on any atom is -0.294 e. The van der Waals surface area contributed by atoms with E-state index in [9.17, 15) is 9.18 Å². The molecule has 0 aromatic carbocycles. The topological polar surface area (TPSA) is 17.1 Å². The third kappa shape index (κ3) is 1.13. The molecular weight excluding hydrogens is 163 g/mol. The maximum absolute atomic E-state index is 12.6. The lowest BCUT2D eigenvalue weighted by Crippen LogP contribution is -2.12. The van der Waals surface area contributed by atoms with Gasteiger partial charge in [-0.05, 0) is 23.2 Å².